The molecule has 1 rings (SSSR count). The SMILES string of the molecule is CCCCCCCN(C(=O)C(CC(C)C)NC(=O)OC(C)(C)C)C(C(=O)NCCC(=O)OCC)c1ccc(CC)cc1. The number of nitrogens with one attached hydrogen (secondary N) is 2. The Kier molecular flexibility index (Phi) is 16.8. The van der Waals surface area contributed by atoms with Gasteiger partial charge in [-0.25, -0.2) is 4.79 Å². The zero-order chi connectivity index (χ0) is 31.7. The van der Waals surface area contributed by atoms with Gasteiger partial charge in [-0.1, -0.05) is 77.6 Å². The van der Waals surface area contributed by atoms with Crippen molar-refractivity contribution in [3.05, 3.63) is 35.4 Å². The van der Waals surface area contributed by atoms with E-state index in [-0.39, 0.29) is 37.3 Å². The summed E-state index contributed by atoms with van der Waals surface area (Å²) in [7, 11) is 0. The van der Waals surface area contributed by atoms with Gasteiger partial charge in [0.1, 0.15) is 17.7 Å². The fourth-order valence-electron chi connectivity index (χ4n) is 4.62. The number of nitrogens with zero attached hydrogens (tertiary/aromatic N) is 1. The molecule has 0 saturated carbocycles. The Morgan fingerprint density at radius 1 is 0.929 bits per heavy atom. The molecule has 0 aliphatic rings. The number of carbonyl (C=O) groups is 4. The normalized spacial score (nSPS) is 12.8. The molecule has 0 radical (unpaired) electrons. The predicted molar refractivity (Wildman–Crippen MR) is 166 cm³/mol. The molecule has 1 aromatic carbocycles. The van der Waals surface area contributed by atoms with Crippen LogP contribution in [0.3, 0.4) is 0 Å². The Balaban J connectivity index is 3.46. The lowest BCUT2D eigenvalue weighted by molar-refractivity contribution is -0.144. The largest absolute Gasteiger partial charge is 0.466 e. The molecule has 0 spiro atoms. The topological polar surface area (TPSA) is 114 Å². The van der Waals surface area contributed by atoms with E-state index in [0.29, 0.717) is 24.9 Å². The molecule has 9 heteroatoms. The molecule has 0 fully saturated rings. The summed E-state index contributed by atoms with van der Waals surface area (Å²) in [5, 5.41) is 5.64. The van der Waals surface area contributed by atoms with Crippen molar-refractivity contribution in [2.45, 2.75) is 124 Å². The number of aryl methyl sites for hydroxylation is 1. The van der Waals surface area contributed by atoms with Gasteiger partial charge < -0.3 is 25.0 Å². The molecule has 3 amide bonds. The Morgan fingerprint density at radius 3 is 2.12 bits per heavy atom. The molecule has 2 unspecified atom stereocenters. The first-order valence-electron chi connectivity index (χ1n) is 15.6. The predicted octanol–water partition coefficient (Wildman–Crippen LogP) is 6.10. The third-order valence-corrected chi connectivity index (χ3v) is 6.68. The van der Waals surface area contributed by atoms with Crippen molar-refractivity contribution in [3.8, 4) is 0 Å². The minimum Gasteiger partial charge on any atom is -0.466 e. The molecule has 2 atom stereocenters. The Labute approximate surface area is 253 Å². The molecule has 238 valence electrons. The molecule has 0 saturated heterocycles. The summed E-state index contributed by atoms with van der Waals surface area (Å²) < 4.78 is 10.5. The Morgan fingerprint density at radius 2 is 1.57 bits per heavy atom. The summed E-state index contributed by atoms with van der Waals surface area (Å²) in [4.78, 5) is 54.4. The zero-order valence-corrected chi connectivity index (χ0v) is 27.2. The molecule has 1 aromatic rings. The molecule has 0 aliphatic heterocycles. The fourth-order valence-corrected chi connectivity index (χ4v) is 4.62. The number of amides is 3. The molecule has 0 aliphatic carbocycles. The van der Waals surface area contributed by atoms with Gasteiger partial charge in [0.05, 0.1) is 13.0 Å². The maximum atomic E-state index is 14.3. The van der Waals surface area contributed by atoms with Gasteiger partial charge in [-0.05, 0) is 64.0 Å². The smallest absolute Gasteiger partial charge is 0.408 e. The minimum absolute atomic E-state index is 0.0300. The molecular formula is C33H55N3O6. The maximum absolute atomic E-state index is 14.3. The van der Waals surface area contributed by atoms with Crippen LogP contribution in [-0.4, -0.2) is 60.1 Å². The van der Waals surface area contributed by atoms with Gasteiger partial charge in [0, 0.05) is 13.1 Å². The van der Waals surface area contributed by atoms with Crippen LogP contribution in [-0.2, 0) is 30.3 Å². The standard InChI is InChI=1S/C33H55N3O6/c1-9-12-13-14-15-22-36(31(39)27(23-24(4)5)35-32(40)42-33(6,7)8)29(26-18-16-25(10-2)17-19-26)30(38)34-21-20-28(37)41-11-3/h16-19,24,27,29H,9-15,20-23H2,1-8H3,(H,34,38)(H,35,40). The van der Waals surface area contributed by atoms with E-state index in [2.05, 4.69) is 24.5 Å². The van der Waals surface area contributed by atoms with Crippen LogP contribution in [0.4, 0.5) is 4.79 Å². The third kappa shape index (κ3) is 14.2. The summed E-state index contributed by atoms with van der Waals surface area (Å²) in [6.45, 7) is 15.9. The summed E-state index contributed by atoms with van der Waals surface area (Å²) in [5.74, 6) is -1.02. The molecular weight excluding hydrogens is 534 g/mol. The van der Waals surface area contributed by atoms with Crippen LogP contribution in [0.25, 0.3) is 0 Å². The van der Waals surface area contributed by atoms with Crippen LogP contribution in [0.5, 0.6) is 0 Å². The number of rotatable bonds is 18. The van der Waals surface area contributed by atoms with E-state index in [9.17, 15) is 19.2 Å². The van der Waals surface area contributed by atoms with Crippen molar-refractivity contribution in [2.75, 3.05) is 19.7 Å². The maximum Gasteiger partial charge on any atom is 0.408 e. The van der Waals surface area contributed by atoms with Gasteiger partial charge in [-0.15, -0.1) is 0 Å². The Bertz CT molecular complexity index is 971. The second-order valence-electron chi connectivity index (χ2n) is 12.1. The van der Waals surface area contributed by atoms with Crippen LogP contribution in [0, 0.1) is 5.92 Å². The lowest BCUT2D eigenvalue weighted by Gasteiger charge is -2.35. The van der Waals surface area contributed by atoms with E-state index in [0.717, 1.165) is 37.7 Å². The average Bonchev–Trinajstić information content (AvgIpc) is 2.90. The molecule has 42 heavy (non-hydrogen) atoms. The Hall–Kier alpha value is -3.10. The minimum atomic E-state index is -0.938. The van der Waals surface area contributed by atoms with E-state index in [4.69, 9.17) is 9.47 Å². The number of unbranched alkanes of at least 4 members (excludes halogenated alkanes) is 4. The van der Waals surface area contributed by atoms with Gasteiger partial charge in [0.25, 0.3) is 0 Å². The van der Waals surface area contributed by atoms with Gasteiger partial charge in [0.15, 0.2) is 0 Å². The second kappa shape index (κ2) is 19.2. The van der Waals surface area contributed by atoms with Crippen LogP contribution in [0.1, 0.15) is 118 Å². The van der Waals surface area contributed by atoms with Crippen molar-refractivity contribution in [1.29, 1.82) is 0 Å². The lowest BCUT2D eigenvalue weighted by Crippen LogP contribution is -2.53. The highest BCUT2D eigenvalue weighted by molar-refractivity contribution is 5.92. The summed E-state index contributed by atoms with van der Waals surface area (Å²) in [6.07, 6.45) is 5.43. The van der Waals surface area contributed by atoms with Crippen LogP contribution in [0.2, 0.25) is 0 Å². The third-order valence-electron chi connectivity index (χ3n) is 6.68. The monoisotopic (exact) mass is 589 g/mol. The quantitative estimate of drug-likeness (QED) is 0.158. The number of benzene rings is 1. The van der Waals surface area contributed by atoms with Crippen LogP contribution < -0.4 is 10.6 Å². The first kappa shape index (κ1) is 36.9. The van der Waals surface area contributed by atoms with E-state index in [1.54, 1.807) is 32.6 Å². The van der Waals surface area contributed by atoms with E-state index in [1.165, 1.54) is 0 Å². The highest BCUT2D eigenvalue weighted by Gasteiger charge is 2.36. The summed E-state index contributed by atoms with van der Waals surface area (Å²) >= 11 is 0. The number of carbonyl (C=O) groups excluding carboxylic acids is 4. The zero-order valence-electron chi connectivity index (χ0n) is 27.2. The fraction of sp³-hybridized carbons (Fsp3) is 0.697. The van der Waals surface area contributed by atoms with Crippen molar-refractivity contribution >= 4 is 23.9 Å². The van der Waals surface area contributed by atoms with Crippen molar-refractivity contribution in [1.82, 2.24) is 15.5 Å². The molecule has 9 nitrogen and oxygen atoms in total. The van der Waals surface area contributed by atoms with E-state index >= 15 is 0 Å². The number of hydrogen-bond donors (Lipinski definition) is 2. The van der Waals surface area contributed by atoms with Crippen molar-refractivity contribution in [2.24, 2.45) is 5.92 Å². The van der Waals surface area contributed by atoms with Crippen LogP contribution in [0.15, 0.2) is 24.3 Å². The molecule has 0 bridgehead atoms. The number of ether oxygens (including phenoxy) is 2. The number of alkyl carbamates (subject to hydrolysis) is 1. The molecule has 0 aromatic heterocycles. The van der Waals surface area contributed by atoms with Crippen molar-refractivity contribution < 1.29 is 28.7 Å². The number of esters is 1. The lowest BCUT2D eigenvalue weighted by atomic mass is 9.97. The second-order valence-corrected chi connectivity index (χ2v) is 12.1. The van der Waals surface area contributed by atoms with E-state index < -0.39 is 29.7 Å². The highest BCUT2D eigenvalue weighted by atomic mass is 16.6. The van der Waals surface area contributed by atoms with Crippen molar-refractivity contribution in [3.63, 3.8) is 0 Å². The average molecular weight is 590 g/mol. The highest BCUT2D eigenvalue weighted by Crippen LogP contribution is 2.25. The first-order chi connectivity index (χ1) is 19.8. The van der Waals surface area contributed by atoms with Gasteiger partial charge >= 0.3 is 12.1 Å². The van der Waals surface area contributed by atoms with Gasteiger partial charge in [-0.2, -0.15) is 0 Å². The van der Waals surface area contributed by atoms with E-state index in [1.807, 2.05) is 38.1 Å². The summed E-state index contributed by atoms with van der Waals surface area (Å²) in [6, 6.07) is 5.87. The summed E-state index contributed by atoms with van der Waals surface area (Å²) in [5.41, 5.74) is 1.06. The molecule has 2 N–H and O–H groups in total. The van der Waals surface area contributed by atoms with Gasteiger partial charge in [0.2, 0.25) is 11.8 Å². The number of hydrogen-bond acceptors (Lipinski definition) is 6. The molecule has 0 heterocycles. The van der Waals surface area contributed by atoms with Crippen LogP contribution >= 0.6 is 0 Å². The van der Waals surface area contributed by atoms with Gasteiger partial charge in [-0.3, -0.25) is 14.4 Å². The first-order valence-corrected chi connectivity index (χ1v) is 15.6.